The molecular weight excluding hydrogens is 342 g/mol. The van der Waals surface area contributed by atoms with Gasteiger partial charge in [-0.15, -0.1) is 0 Å². The van der Waals surface area contributed by atoms with E-state index in [0.717, 1.165) is 11.9 Å². The summed E-state index contributed by atoms with van der Waals surface area (Å²) in [5, 5.41) is 31.3. The van der Waals surface area contributed by atoms with E-state index in [0.29, 0.717) is 0 Å². The summed E-state index contributed by atoms with van der Waals surface area (Å²) in [4.78, 5) is 22.6. The van der Waals surface area contributed by atoms with Crippen LogP contribution in [0, 0.1) is 10.1 Å². The quantitative estimate of drug-likeness (QED) is 0.423. The smallest absolute Gasteiger partial charge is 0.323 e. The molecule has 0 unspecified atom stereocenters. The van der Waals surface area contributed by atoms with Crippen LogP contribution in [0.2, 0.25) is 0 Å². The molecule has 0 saturated heterocycles. The van der Waals surface area contributed by atoms with E-state index in [-0.39, 0.29) is 28.2 Å². The van der Waals surface area contributed by atoms with Crippen LogP contribution < -0.4 is 10.2 Å². The van der Waals surface area contributed by atoms with Gasteiger partial charge in [0.2, 0.25) is 5.75 Å². The number of carbonyl (C=O) groups is 1. The number of phenols is 1. The van der Waals surface area contributed by atoms with Crippen LogP contribution in [-0.2, 0) is 5.41 Å². The number of nitrogens with one attached hydrogen (secondary N) is 2. The lowest BCUT2D eigenvalue weighted by atomic mass is 9.92. The van der Waals surface area contributed by atoms with E-state index in [9.17, 15) is 20.0 Å². The normalized spacial score (nSPS) is 11.5. The second-order valence-corrected chi connectivity index (χ2v) is 6.43. The van der Waals surface area contributed by atoms with Crippen LogP contribution in [0.5, 0.6) is 11.5 Å². The van der Waals surface area contributed by atoms with Gasteiger partial charge < -0.3 is 9.84 Å². The van der Waals surface area contributed by atoms with Gasteiger partial charge >= 0.3 is 5.69 Å². The second kappa shape index (κ2) is 7.21. The second-order valence-electron chi connectivity index (χ2n) is 6.43. The molecule has 1 amide bonds. The SMILES string of the molecule is COc1c(O)ccc(/C=N\NC(=O)c2cc(C(C)(C)C)[nH]n2)c1[N+](=O)[O-]. The lowest BCUT2D eigenvalue weighted by Crippen LogP contribution is -2.18. The highest BCUT2D eigenvalue weighted by atomic mass is 16.6. The Balaban J connectivity index is 2.19. The topological polar surface area (TPSA) is 143 Å². The molecule has 0 bridgehead atoms. The number of phenolic OH excluding ortho intramolecular Hbond substituents is 1. The molecule has 2 rings (SSSR count). The number of nitro benzene ring substituents is 1. The van der Waals surface area contributed by atoms with Gasteiger partial charge in [-0.25, -0.2) is 5.43 Å². The fourth-order valence-electron chi connectivity index (χ4n) is 2.11. The van der Waals surface area contributed by atoms with Crippen molar-refractivity contribution in [3.8, 4) is 11.5 Å². The summed E-state index contributed by atoms with van der Waals surface area (Å²) in [7, 11) is 1.20. The molecule has 2 aromatic rings. The van der Waals surface area contributed by atoms with Crippen LogP contribution >= 0.6 is 0 Å². The number of rotatable bonds is 5. The molecule has 0 fully saturated rings. The number of hydrogen-bond acceptors (Lipinski definition) is 7. The Hall–Kier alpha value is -3.43. The predicted molar refractivity (Wildman–Crippen MR) is 93.7 cm³/mol. The maximum atomic E-state index is 12.1. The van der Waals surface area contributed by atoms with Crippen LogP contribution in [-0.4, -0.2) is 39.5 Å². The number of aromatic nitrogens is 2. The highest BCUT2D eigenvalue weighted by Gasteiger charge is 2.23. The van der Waals surface area contributed by atoms with Crippen molar-refractivity contribution in [2.24, 2.45) is 5.10 Å². The van der Waals surface area contributed by atoms with Gasteiger partial charge in [-0.2, -0.15) is 10.2 Å². The Bertz CT molecular complexity index is 866. The first-order valence-electron chi connectivity index (χ1n) is 7.58. The number of hydrogen-bond donors (Lipinski definition) is 3. The number of H-pyrrole nitrogens is 1. The molecular formula is C16H19N5O5. The molecule has 0 aliphatic heterocycles. The third-order valence-corrected chi connectivity index (χ3v) is 3.52. The molecule has 138 valence electrons. The van der Waals surface area contributed by atoms with Crippen LogP contribution in [0.4, 0.5) is 5.69 Å². The van der Waals surface area contributed by atoms with Crippen LogP contribution in [0.1, 0.15) is 42.5 Å². The molecule has 0 aliphatic rings. The van der Waals surface area contributed by atoms with Crippen molar-refractivity contribution in [1.29, 1.82) is 0 Å². The number of aromatic amines is 1. The fraction of sp³-hybridized carbons (Fsp3) is 0.312. The van der Waals surface area contributed by atoms with Crippen LogP contribution in [0.3, 0.4) is 0 Å². The number of nitrogens with zero attached hydrogens (tertiary/aromatic N) is 3. The van der Waals surface area contributed by atoms with Gasteiger partial charge in [-0.1, -0.05) is 20.8 Å². The van der Waals surface area contributed by atoms with E-state index in [1.54, 1.807) is 6.07 Å². The van der Waals surface area contributed by atoms with E-state index in [4.69, 9.17) is 4.74 Å². The molecule has 3 N–H and O–H groups in total. The minimum Gasteiger partial charge on any atom is -0.504 e. The average Bonchev–Trinajstić information content (AvgIpc) is 3.05. The number of methoxy groups -OCH3 is 1. The van der Waals surface area contributed by atoms with Gasteiger partial charge in [0, 0.05) is 11.1 Å². The van der Waals surface area contributed by atoms with E-state index >= 15 is 0 Å². The van der Waals surface area contributed by atoms with Gasteiger partial charge in [0.15, 0.2) is 11.4 Å². The molecule has 1 aromatic carbocycles. The molecule has 0 aliphatic carbocycles. The zero-order chi connectivity index (χ0) is 19.5. The minimum absolute atomic E-state index is 0.0577. The molecule has 0 spiro atoms. The van der Waals surface area contributed by atoms with Crippen LogP contribution in [0.25, 0.3) is 0 Å². The number of ether oxygens (including phenoxy) is 1. The molecule has 26 heavy (non-hydrogen) atoms. The van der Waals surface area contributed by atoms with Crippen molar-refractivity contribution in [2.45, 2.75) is 26.2 Å². The summed E-state index contributed by atoms with van der Waals surface area (Å²) < 4.78 is 4.85. The predicted octanol–water partition coefficient (Wildman–Crippen LogP) is 2.09. The number of hydrazone groups is 1. The van der Waals surface area contributed by atoms with Crippen molar-refractivity contribution in [1.82, 2.24) is 15.6 Å². The first kappa shape index (κ1) is 18.9. The molecule has 0 saturated carbocycles. The molecule has 10 heteroatoms. The van der Waals surface area contributed by atoms with E-state index < -0.39 is 16.5 Å². The first-order valence-corrected chi connectivity index (χ1v) is 7.58. The Labute approximate surface area is 149 Å². The molecule has 0 atom stereocenters. The Morgan fingerprint density at radius 1 is 1.46 bits per heavy atom. The highest BCUT2D eigenvalue weighted by molar-refractivity contribution is 5.94. The number of nitro groups is 1. The first-order chi connectivity index (χ1) is 12.1. The fourth-order valence-corrected chi connectivity index (χ4v) is 2.11. The third-order valence-electron chi connectivity index (χ3n) is 3.52. The van der Waals surface area contributed by atoms with Crippen molar-refractivity contribution < 1.29 is 19.6 Å². The van der Waals surface area contributed by atoms with E-state index in [1.807, 2.05) is 20.8 Å². The summed E-state index contributed by atoms with van der Waals surface area (Å²) in [6, 6.07) is 4.13. The zero-order valence-electron chi connectivity index (χ0n) is 14.7. The zero-order valence-corrected chi connectivity index (χ0v) is 14.7. The number of carbonyl (C=O) groups excluding carboxylic acids is 1. The molecule has 0 radical (unpaired) electrons. The van der Waals surface area contributed by atoms with Gasteiger partial charge in [0.25, 0.3) is 5.91 Å². The van der Waals surface area contributed by atoms with E-state index in [1.165, 1.54) is 19.2 Å². The minimum atomic E-state index is -0.703. The monoisotopic (exact) mass is 361 g/mol. The van der Waals surface area contributed by atoms with Gasteiger partial charge in [-0.05, 0) is 18.2 Å². The van der Waals surface area contributed by atoms with Gasteiger partial charge in [-0.3, -0.25) is 20.0 Å². The largest absolute Gasteiger partial charge is 0.504 e. The standard InChI is InChI=1S/C16H19N5O5/c1-16(2,3)12-7-10(18-19-12)15(23)20-17-8-9-5-6-11(22)14(26-4)13(9)21(24)25/h5-8,22H,1-4H3,(H,18,19)(H,20,23)/b17-8-. The van der Waals surface area contributed by atoms with Crippen molar-refractivity contribution in [2.75, 3.05) is 7.11 Å². The van der Waals surface area contributed by atoms with Gasteiger partial charge in [0.1, 0.15) is 0 Å². The maximum Gasteiger partial charge on any atom is 0.323 e. The molecule has 1 aromatic heterocycles. The summed E-state index contributed by atoms with van der Waals surface area (Å²) in [6.07, 6.45) is 1.09. The number of aromatic hydroxyl groups is 1. The molecule has 10 nitrogen and oxygen atoms in total. The lowest BCUT2D eigenvalue weighted by Gasteiger charge is -2.14. The third kappa shape index (κ3) is 3.97. The Kier molecular flexibility index (Phi) is 5.24. The molecule has 1 heterocycles. The van der Waals surface area contributed by atoms with Crippen LogP contribution in [0.15, 0.2) is 23.3 Å². The van der Waals surface area contributed by atoms with Crippen molar-refractivity contribution in [3.63, 3.8) is 0 Å². The van der Waals surface area contributed by atoms with Crippen molar-refractivity contribution >= 4 is 17.8 Å². The summed E-state index contributed by atoms with van der Waals surface area (Å²) in [6.45, 7) is 5.91. The maximum absolute atomic E-state index is 12.1. The van der Waals surface area contributed by atoms with Crippen molar-refractivity contribution in [3.05, 3.63) is 45.3 Å². The number of amides is 1. The average molecular weight is 361 g/mol. The number of benzene rings is 1. The highest BCUT2D eigenvalue weighted by Crippen LogP contribution is 2.37. The Morgan fingerprint density at radius 2 is 2.15 bits per heavy atom. The summed E-state index contributed by atoms with van der Waals surface area (Å²) in [5.74, 6) is -1.22. The lowest BCUT2D eigenvalue weighted by molar-refractivity contribution is -0.386. The summed E-state index contributed by atoms with van der Waals surface area (Å²) >= 11 is 0. The summed E-state index contributed by atoms with van der Waals surface area (Å²) in [5.41, 5.74) is 2.58. The Morgan fingerprint density at radius 3 is 2.69 bits per heavy atom. The van der Waals surface area contributed by atoms with Gasteiger partial charge in [0.05, 0.1) is 23.8 Å². The van der Waals surface area contributed by atoms with E-state index in [2.05, 4.69) is 20.7 Å².